The van der Waals surface area contributed by atoms with Crippen molar-refractivity contribution in [3.63, 3.8) is 0 Å². The number of rotatable bonds is 5. The average Bonchev–Trinajstić information content (AvgIpc) is 3.16. The molecule has 2 heterocycles. The van der Waals surface area contributed by atoms with Gasteiger partial charge in [0.1, 0.15) is 0 Å². The van der Waals surface area contributed by atoms with E-state index in [4.69, 9.17) is 5.11 Å². The van der Waals surface area contributed by atoms with Crippen LogP contribution in [0.1, 0.15) is 38.8 Å². The van der Waals surface area contributed by atoms with E-state index in [1.165, 1.54) is 11.3 Å². The highest BCUT2D eigenvalue weighted by Crippen LogP contribution is 2.18. The average molecular weight is 320 g/mol. The van der Waals surface area contributed by atoms with Gasteiger partial charge in [-0.3, -0.25) is 4.79 Å². The van der Waals surface area contributed by atoms with E-state index in [-0.39, 0.29) is 18.4 Å². The molecular weight excluding hydrogens is 304 g/mol. The Morgan fingerprint density at radius 2 is 2.38 bits per heavy atom. The van der Waals surface area contributed by atoms with Crippen LogP contribution in [0.5, 0.6) is 0 Å². The Bertz CT molecular complexity index is 638. The van der Waals surface area contributed by atoms with Crippen molar-refractivity contribution in [3.8, 4) is 11.8 Å². The molecule has 0 aromatic carbocycles. The van der Waals surface area contributed by atoms with Crippen molar-refractivity contribution in [2.75, 3.05) is 13.2 Å². The summed E-state index contributed by atoms with van der Waals surface area (Å²) in [6, 6.07) is 3.60. The number of aliphatic hydroxyl groups excluding tert-OH is 1. The lowest BCUT2D eigenvalue weighted by Crippen LogP contribution is -2.26. The van der Waals surface area contributed by atoms with Gasteiger partial charge in [-0.05, 0) is 12.1 Å². The van der Waals surface area contributed by atoms with Gasteiger partial charge < -0.3 is 10.4 Å². The van der Waals surface area contributed by atoms with Gasteiger partial charge in [-0.2, -0.15) is 0 Å². The maximum Gasteiger partial charge on any atom is 0.261 e. The van der Waals surface area contributed by atoms with Crippen molar-refractivity contribution in [1.29, 1.82) is 0 Å². The number of nitrogens with one attached hydrogen (secondary N) is 1. The van der Waals surface area contributed by atoms with Gasteiger partial charge in [0, 0.05) is 30.5 Å². The molecule has 0 aliphatic carbocycles. The van der Waals surface area contributed by atoms with Crippen LogP contribution in [0.3, 0.4) is 0 Å². The van der Waals surface area contributed by atoms with Crippen LogP contribution in [-0.2, 0) is 0 Å². The summed E-state index contributed by atoms with van der Waals surface area (Å²) in [5, 5.41) is 14.5. The minimum absolute atomic E-state index is 0.0559. The molecule has 0 bridgehead atoms. The van der Waals surface area contributed by atoms with E-state index < -0.39 is 0 Å². The van der Waals surface area contributed by atoms with Gasteiger partial charge in [0.2, 0.25) is 0 Å². The zero-order valence-electron chi connectivity index (χ0n) is 11.6. The topological polar surface area (TPSA) is 62.2 Å². The highest BCUT2D eigenvalue weighted by Gasteiger charge is 2.12. The first-order valence-electron chi connectivity index (χ1n) is 6.58. The molecule has 0 saturated carbocycles. The van der Waals surface area contributed by atoms with Gasteiger partial charge in [0.05, 0.1) is 21.4 Å². The molecule has 2 aromatic rings. The molecule has 110 valence electrons. The monoisotopic (exact) mass is 320 g/mol. The fraction of sp³-hybridized carbons (Fsp3) is 0.333. The Kier molecular flexibility index (Phi) is 5.93. The maximum absolute atomic E-state index is 12.1. The number of nitrogens with zero attached hydrogens (tertiary/aromatic N) is 1. The SMILES string of the molecule is CC(CNC(=O)c1ccc(C#CCCO)s1)c1nccs1. The normalized spacial score (nSPS) is 11.5. The lowest BCUT2D eigenvalue weighted by Gasteiger charge is -2.08. The Labute approximate surface area is 131 Å². The standard InChI is InChI=1S/C15H16N2O2S2/c1-11(15-16-7-9-20-15)10-17-14(19)13-6-5-12(21-13)4-2-3-8-18/h5-7,9,11,18H,3,8,10H2,1H3,(H,17,19). The lowest BCUT2D eigenvalue weighted by atomic mass is 10.2. The van der Waals surface area contributed by atoms with Gasteiger partial charge in [0.15, 0.2) is 0 Å². The molecule has 0 aliphatic heterocycles. The minimum atomic E-state index is -0.0846. The maximum atomic E-state index is 12.1. The Hall–Kier alpha value is -1.68. The largest absolute Gasteiger partial charge is 0.395 e. The highest BCUT2D eigenvalue weighted by molar-refractivity contribution is 7.14. The second-order valence-electron chi connectivity index (χ2n) is 4.42. The summed E-state index contributed by atoms with van der Waals surface area (Å²) in [5.41, 5.74) is 0. The van der Waals surface area contributed by atoms with E-state index in [0.717, 1.165) is 9.88 Å². The van der Waals surface area contributed by atoms with Crippen LogP contribution < -0.4 is 5.32 Å². The van der Waals surface area contributed by atoms with Gasteiger partial charge >= 0.3 is 0 Å². The quantitative estimate of drug-likeness (QED) is 0.832. The number of aromatic nitrogens is 1. The molecule has 21 heavy (non-hydrogen) atoms. The third-order valence-electron chi connectivity index (χ3n) is 2.72. The number of hydrogen-bond acceptors (Lipinski definition) is 5. The Morgan fingerprint density at radius 3 is 3.10 bits per heavy atom. The van der Waals surface area contributed by atoms with Crippen LogP contribution in [0, 0.1) is 11.8 Å². The van der Waals surface area contributed by atoms with Crippen LogP contribution in [0.15, 0.2) is 23.7 Å². The van der Waals surface area contributed by atoms with E-state index in [2.05, 4.69) is 22.1 Å². The molecule has 2 aromatic heterocycles. The van der Waals surface area contributed by atoms with Crippen molar-refractivity contribution in [2.45, 2.75) is 19.3 Å². The molecule has 0 spiro atoms. The summed E-state index contributed by atoms with van der Waals surface area (Å²) in [7, 11) is 0. The van der Waals surface area contributed by atoms with Crippen LogP contribution in [0.2, 0.25) is 0 Å². The molecule has 0 aliphatic rings. The van der Waals surface area contributed by atoms with Crippen LogP contribution >= 0.6 is 22.7 Å². The third kappa shape index (κ3) is 4.67. The number of thiazole rings is 1. The van der Waals surface area contributed by atoms with E-state index in [1.54, 1.807) is 23.6 Å². The molecule has 0 saturated heterocycles. The third-order valence-corrected chi connectivity index (χ3v) is 4.73. The molecule has 0 fully saturated rings. The van der Waals surface area contributed by atoms with Gasteiger partial charge in [-0.25, -0.2) is 4.98 Å². The van der Waals surface area contributed by atoms with Crippen LogP contribution in [0.25, 0.3) is 0 Å². The number of thiophene rings is 1. The predicted molar refractivity (Wildman–Crippen MR) is 85.8 cm³/mol. The Morgan fingerprint density at radius 1 is 1.52 bits per heavy atom. The molecular formula is C15H16N2O2S2. The minimum Gasteiger partial charge on any atom is -0.395 e. The Balaban J connectivity index is 1.88. The van der Waals surface area contributed by atoms with Crippen molar-refractivity contribution < 1.29 is 9.90 Å². The summed E-state index contributed by atoms with van der Waals surface area (Å²) >= 11 is 2.96. The molecule has 0 radical (unpaired) electrons. The summed E-state index contributed by atoms with van der Waals surface area (Å²) in [4.78, 5) is 17.8. The van der Waals surface area contributed by atoms with E-state index >= 15 is 0 Å². The first-order valence-corrected chi connectivity index (χ1v) is 8.27. The summed E-state index contributed by atoms with van der Waals surface area (Å²) in [6.45, 7) is 2.66. The first-order chi connectivity index (χ1) is 10.2. The van der Waals surface area contributed by atoms with Crippen molar-refractivity contribution >= 4 is 28.6 Å². The summed E-state index contributed by atoms with van der Waals surface area (Å²) in [6.07, 6.45) is 2.22. The van der Waals surface area contributed by atoms with E-state index in [0.29, 0.717) is 17.8 Å². The van der Waals surface area contributed by atoms with E-state index in [1.807, 2.05) is 18.4 Å². The zero-order chi connectivity index (χ0) is 15.1. The highest BCUT2D eigenvalue weighted by atomic mass is 32.1. The first kappa shape index (κ1) is 15.7. The van der Waals surface area contributed by atoms with Gasteiger partial charge in [-0.1, -0.05) is 18.8 Å². The summed E-state index contributed by atoms with van der Waals surface area (Å²) in [5.74, 6) is 5.89. The van der Waals surface area contributed by atoms with Crippen molar-refractivity contribution in [1.82, 2.24) is 10.3 Å². The number of hydrogen-bond donors (Lipinski definition) is 2. The van der Waals surface area contributed by atoms with Crippen LogP contribution in [0.4, 0.5) is 0 Å². The lowest BCUT2D eigenvalue weighted by molar-refractivity contribution is 0.0955. The van der Waals surface area contributed by atoms with Crippen molar-refractivity contribution in [3.05, 3.63) is 38.5 Å². The van der Waals surface area contributed by atoms with Crippen molar-refractivity contribution in [2.24, 2.45) is 0 Å². The fourth-order valence-electron chi connectivity index (χ4n) is 1.63. The summed E-state index contributed by atoms with van der Waals surface area (Å²) < 4.78 is 0. The second-order valence-corrected chi connectivity index (χ2v) is 6.43. The predicted octanol–water partition coefficient (Wildman–Crippen LogP) is 2.47. The fourth-order valence-corrected chi connectivity index (χ4v) is 3.13. The molecule has 2 N–H and O–H groups in total. The van der Waals surface area contributed by atoms with E-state index in [9.17, 15) is 4.79 Å². The molecule has 1 amide bonds. The van der Waals surface area contributed by atoms with Crippen LogP contribution in [-0.4, -0.2) is 29.1 Å². The number of carbonyl (C=O) groups is 1. The molecule has 1 atom stereocenters. The van der Waals surface area contributed by atoms with Gasteiger partial charge in [0.25, 0.3) is 5.91 Å². The second kappa shape index (κ2) is 7.93. The molecule has 2 rings (SSSR count). The number of carbonyl (C=O) groups excluding carboxylic acids is 1. The smallest absolute Gasteiger partial charge is 0.261 e. The molecule has 6 heteroatoms. The zero-order valence-corrected chi connectivity index (χ0v) is 13.3. The van der Waals surface area contributed by atoms with Gasteiger partial charge in [-0.15, -0.1) is 22.7 Å². The number of amides is 1. The number of aliphatic hydroxyl groups is 1. The molecule has 4 nitrogen and oxygen atoms in total. The molecule has 1 unspecified atom stereocenters.